The Labute approximate surface area is 118 Å². The van der Waals surface area contributed by atoms with Crippen LogP contribution in [0.1, 0.15) is 49.5 Å². The van der Waals surface area contributed by atoms with Gasteiger partial charge in [-0.2, -0.15) is 0 Å². The molecular weight excluding hydrogens is 252 g/mol. The van der Waals surface area contributed by atoms with Gasteiger partial charge in [0.1, 0.15) is 0 Å². The smallest absolute Gasteiger partial charge is 0.335 e. The molecule has 4 heteroatoms. The predicted molar refractivity (Wildman–Crippen MR) is 77.9 cm³/mol. The Morgan fingerprint density at radius 3 is 2.80 bits per heavy atom. The first-order valence-corrected chi connectivity index (χ1v) is 7.26. The van der Waals surface area contributed by atoms with Gasteiger partial charge in [-0.1, -0.05) is 13.8 Å². The summed E-state index contributed by atoms with van der Waals surface area (Å²) in [6, 6.07) is 5.60. The van der Waals surface area contributed by atoms with E-state index in [2.05, 4.69) is 23.4 Å². The van der Waals surface area contributed by atoms with E-state index >= 15 is 0 Å². The van der Waals surface area contributed by atoms with E-state index in [1.807, 2.05) is 6.33 Å². The number of nitrogens with zero attached hydrogens (tertiary/aromatic N) is 2. The van der Waals surface area contributed by atoms with E-state index in [4.69, 9.17) is 5.11 Å². The molecule has 1 aliphatic carbocycles. The molecule has 2 aromatic rings. The maximum absolute atomic E-state index is 11.1. The zero-order chi connectivity index (χ0) is 14.3. The number of hydrogen-bond acceptors (Lipinski definition) is 2. The van der Waals surface area contributed by atoms with Crippen molar-refractivity contribution in [1.82, 2.24) is 9.55 Å². The van der Waals surface area contributed by atoms with Crippen LogP contribution in [-0.4, -0.2) is 20.6 Å². The Hall–Kier alpha value is -1.84. The summed E-state index contributed by atoms with van der Waals surface area (Å²) in [4.78, 5) is 15.5. The van der Waals surface area contributed by atoms with Crippen LogP contribution < -0.4 is 0 Å². The SMILES string of the molecule is CC1CCC(n2cnc3ccc(C(=O)O)cc32)CC1C. The van der Waals surface area contributed by atoms with E-state index < -0.39 is 5.97 Å². The zero-order valence-corrected chi connectivity index (χ0v) is 11.9. The van der Waals surface area contributed by atoms with Crippen molar-refractivity contribution in [1.29, 1.82) is 0 Å². The van der Waals surface area contributed by atoms with Crippen LogP contribution in [-0.2, 0) is 0 Å². The van der Waals surface area contributed by atoms with Gasteiger partial charge in [-0.05, 0) is 49.3 Å². The van der Waals surface area contributed by atoms with Gasteiger partial charge in [0.25, 0.3) is 0 Å². The van der Waals surface area contributed by atoms with E-state index in [0.29, 0.717) is 17.5 Å². The number of aromatic nitrogens is 2. The lowest BCUT2D eigenvalue weighted by Gasteiger charge is -2.33. The van der Waals surface area contributed by atoms with Crippen LogP contribution in [0.2, 0.25) is 0 Å². The normalized spacial score (nSPS) is 26.8. The maximum atomic E-state index is 11.1. The first-order valence-electron chi connectivity index (χ1n) is 7.26. The molecule has 0 radical (unpaired) electrons. The number of fused-ring (bicyclic) bond motifs is 1. The van der Waals surface area contributed by atoms with Gasteiger partial charge in [-0.3, -0.25) is 0 Å². The number of carbonyl (C=O) groups is 1. The third-order valence-electron chi connectivity index (χ3n) is 4.79. The molecular formula is C16H20N2O2. The second-order valence-electron chi connectivity index (χ2n) is 6.08. The number of imidazole rings is 1. The lowest BCUT2D eigenvalue weighted by molar-refractivity contribution is 0.0697. The fourth-order valence-corrected chi connectivity index (χ4v) is 3.22. The van der Waals surface area contributed by atoms with Crippen LogP contribution in [0.15, 0.2) is 24.5 Å². The topological polar surface area (TPSA) is 55.1 Å². The van der Waals surface area contributed by atoms with E-state index in [0.717, 1.165) is 29.8 Å². The van der Waals surface area contributed by atoms with Crippen molar-refractivity contribution in [2.24, 2.45) is 11.8 Å². The molecule has 1 saturated carbocycles. The molecule has 0 amide bonds. The fraction of sp³-hybridized carbons (Fsp3) is 0.500. The highest BCUT2D eigenvalue weighted by atomic mass is 16.4. The number of hydrogen-bond donors (Lipinski definition) is 1. The van der Waals surface area contributed by atoms with E-state index in [-0.39, 0.29) is 0 Å². The van der Waals surface area contributed by atoms with E-state index in [9.17, 15) is 4.79 Å². The van der Waals surface area contributed by atoms with Gasteiger partial charge in [0.05, 0.1) is 22.9 Å². The molecule has 1 N–H and O–H groups in total. The van der Waals surface area contributed by atoms with Crippen LogP contribution in [0.3, 0.4) is 0 Å². The zero-order valence-electron chi connectivity index (χ0n) is 11.9. The Balaban J connectivity index is 1.99. The van der Waals surface area contributed by atoms with Crippen molar-refractivity contribution < 1.29 is 9.90 Å². The largest absolute Gasteiger partial charge is 0.478 e. The van der Waals surface area contributed by atoms with Gasteiger partial charge < -0.3 is 9.67 Å². The fourth-order valence-electron chi connectivity index (χ4n) is 3.22. The molecule has 0 spiro atoms. The number of benzene rings is 1. The molecule has 20 heavy (non-hydrogen) atoms. The van der Waals surface area contributed by atoms with Crippen molar-refractivity contribution >= 4 is 17.0 Å². The van der Waals surface area contributed by atoms with Gasteiger partial charge in [0, 0.05) is 6.04 Å². The van der Waals surface area contributed by atoms with Crippen molar-refractivity contribution in [2.75, 3.05) is 0 Å². The highest BCUT2D eigenvalue weighted by molar-refractivity contribution is 5.92. The Kier molecular flexibility index (Phi) is 3.24. The Bertz CT molecular complexity index is 647. The summed E-state index contributed by atoms with van der Waals surface area (Å²) in [7, 11) is 0. The third-order valence-corrected chi connectivity index (χ3v) is 4.79. The molecule has 1 heterocycles. The average molecular weight is 272 g/mol. The standard InChI is InChI=1S/C16H20N2O2/c1-10-3-5-13(7-11(10)2)18-9-17-14-6-4-12(16(19)20)8-15(14)18/h4,6,8-11,13H,3,5,7H2,1-2H3,(H,19,20). The predicted octanol–water partition coefficient (Wildman–Crippen LogP) is 3.73. The van der Waals surface area contributed by atoms with Crippen molar-refractivity contribution in [3.8, 4) is 0 Å². The second-order valence-corrected chi connectivity index (χ2v) is 6.08. The molecule has 3 rings (SSSR count). The number of carboxylic acids is 1. The molecule has 1 aliphatic rings. The van der Waals surface area contributed by atoms with Crippen molar-refractivity contribution in [3.05, 3.63) is 30.1 Å². The van der Waals surface area contributed by atoms with Gasteiger partial charge in [-0.15, -0.1) is 0 Å². The first-order chi connectivity index (χ1) is 9.56. The molecule has 3 unspecified atom stereocenters. The number of rotatable bonds is 2. The first kappa shape index (κ1) is 13.2. The summed E-state index contributed by atoms with van der Waals surface area (Å²) in [5.41, 5.74) is 2.15. The highest BCUT2D eigenvalue weighted by Crippen LogP contribution is 2.37. The summed E-state index contributed by atoms with van der Waals surface area (Å²) in [6.45, 7) is 4.62. The lowest BCUT2D eigenvalue weighted by atomic mass is 9.79. The van der Waals surface area contributed by atoms with Gasteiger partial charge in [0.15, 0.2) is 0 Å². The summed E-state index contributed by atoms with van der Waals surface area (Å²) < 4.78 is 2.17. The number of aromatic carboxylic acids is 1. The monoisotopic (exact) mass is 272 g/mol. The van der Waals surface area contributed by atoms with Crippen molar-refractivity contribution in [3.63, 3.8) is 0 Å². The average Bonchev–Trinajstić information content (AvgIpc) is 2.84. The molecule has 0 saturated heterocycles. The van der Waals surface area contributed by atoms with Gasteiger partial charge in [-0.25, -0.2) is 9.78 Å². The van der Waals surface area contributed by atoms with Crippen molar-refractivity contribution in [2.45, 2.75) is 39.2 Å². The summed E-state index contributed by atoms with van der Waals surface area (Å²) in [6.07, 6.45) is 5.38. The molecule has 1 aromatic carbocycles. The molecule has 106 valence electrons. The molecule has 0 bridgehead atoms. The lowest BCUT2D eigenvalue weighted by Crippen LogP contribution is -2.23. The minimum atomic E-state index is -0.884. The van der Waals surface area contributed by atoms with Crippen LogP contribution in [0, 0.1) is 11.8 Å². The van der Waals surface area contributed by atoms with Crippen LogP contribution in [0.5, 0.6) is 0 Å². The van der Waals surface area contributed by atoms with Crippen LogP contribution in [0.25, 0.3) is 11.0 Å². The molecule has 0 aliphatic heterocycles. The molecule has 3 atom stereocenters. The van der Waals surface area contributed by atoms with Gasteiger partial charge in [0.2, 0.25) is 0 Å². The van der Waals surface area contributed by atoms with Crippen LogP contribution >= 0.6 is 0 Å². The highest BCUT2D eigenvalue weighted by Gasteiger charge is 2.26. The van der Waals surface area contributed by atoms with E-state index in [1.54, 1.807) is 18.2 Å². The minimum Gasteiger partial charge on any atom is -0.478 e. The summed E-state index contributed by atoms with van der Waals surface area (Å²) >= 11 is 0. The number of carboxylic acid groups (broad SMARTS) is 1. The van der Waals surface area contributed by atoms with Crippen LogP contribution in [0.4, 0.5) is 0 Å². The third kappa shape index (κ3) is 2.19. The maximum Gasteiger partial charge on any atom is 0.335 e. The second kappa shape index (κ2) is 4.93. The summed E-state index contributed by atoms with van der Waals surface area (Å²) in [5, 5.41) is 9.13. The summed E-state index contributed by atoms with van der Waals surface area (Å²) in [5.74, 6) is 0.592. The van der Waals surface area contributed by atoms with Gasteiger partial charge >= 0.3 is 5.97 Å². The molecule has 1 fully saturated rings. The molecule has 4 nitrogen and oxygen atoms in total. The Morgan fingerprint density at radius 1 is 1.30 bits per heavy atom. The minimum absolute atomic E-state index is 0.330. The quantitative estimate of drug-likeness (QED) is 0.906. The molecule has 1 aromatic heterocycles. The van der Waals surface area contributed by atoms with E-state index in [1.165, 1.54) is 6.42 Å². The Morgan fingerprint density at radius 2 is 2.10 bits per heavy atom.